The van der Waals surface area contributed by atoms with Crippen molar-refractivity contribution in [1.82, 2.24) is 29.7 Å². The standard InChI is InChI=1S/C23H25ClFN7O/c1-14-11-19(29-28-14)27-20-12-17(13-31-7-9-33-10-8-31)23-26-15(2)22(32(23)30-20)21(25)16-3-5-18(24)6-4-16/h3-6,11-12,21H,7-10,13H2,1-2H3,(H2,27,28,29,30). The Morgan fingerprint density at radius 2 is 1.91 bits per heavy atom. The minimum Gasteiger partial charge on any atom is -0.379 e. The molecule has 1 atom stereocenters. The number of rotatable bonds is 6. The zero-order chi connectivity index (χ0) is 22.9. The average molecular weight is 470 g/mol. The predicted molar refractivity (Wildman–Crippen MR) is 125 cm³/mol. The molecule has 0 bridgehead atoms. The predicted octanol–water partition coefficient (Wildman–Crippen LogP) is 4.36. The quantitative estimate of drug-likeness (QED) is 0.436. The van der Waals surface area contributed by atoms with Crippen molar-refractivity contribution in [3.8, 4) is 0 Å². The van der Waals surface area contributed by atoms with E-state index in [2.05, 4.69) is 20.4 Å². The smallest absolute Gasteiger partial charge is 0.169 e. The Hall–Kier alpha value is -3.01. The highest BCUT2D eigenvalue weighted by Gasteiger charge is 2.25. The number of alkyl halides is 1. The molecule has 10 heteroatoms. The molecular formula is C23H25ClFN7O. The van der Waals surface area contributed by atoms with Crippen LogP contribution in [0.2, 0.25) is 5.02 Å². The zero-order valence-corrected chi connectivity index (χ0v) is 19.2. The summed E-state index contributed by atoms with van der Waals surface area (Å²) < 4.78 is 22.9. The molecule has 0 saturated carbocycles. The first-order valence-electron chi connectivity index (χ1n) is 10.9. The van der Waals surface area contributed by atoms with Gasteiger partial charge in [0, 0.05) is 42.0 Å². The van der Waals surface area contributed by atoms with E-state index in [1.165, 1.54) is 0 Å². The summed E-state index contributed by atoms with van der Waals surface area (Å²) in [5, 5.41) is 15.6. The van der Waals surface area contributed by atoms with Crippen LogP contribution in [0, 0.1) is 13.8 Å². The van der Waals surface area contributed by atoms with Crippen molar-refractivity contribution in [1.29, 1.82) is 0 Å². The molecule has 5 rings (SSSR count). The van der Waals surface area contributed by atoms with Crippen LogP contribution in [-0.2, 0) is 11.3 Å². The van der Waals surface area contributed by atoms with E-state index in [0.29, 0.717) is 59.0 Å². The molecule has 1 aliphatic rings. The number of imidazole rings is 1. The molecule has 33 heavy (non-hydrogen) atoms. The fourth-order valence-electron chi connectivity index (χ4n) is 4.08. The number of aryl methyl sites for hydroxylation is 2. The number of fused-ring (bicyclic) bond motifs is 1. The van der Waals surface area contributed by atoms with E-state index < -0.39 is 6.17 Å². The van der Waals surface area contributed by atoms with E-state index in [1.54, 1.807) is 28.8 Å². The van der Waals surface area contributed by atoms with Gasteiger partial charge in [0.2, 0.25) is 0 Å². The molecule has 2 N–H and O–H groups in total. The number of nitrogens with zero attached hydrogens (tertiary/aromatic N) is 5. The normalized spacial score (nSPS) is 15.8. The molecule has 4 heterocycles. The van der Waals surface area contributed by atoms with Crippen LogP contribution in [-0.4, -0.2) is 56.0 Å². The largest absolute Gasteiger partial charge is 0.379 e. The highest BCUT2D eigenvalue weighted by molar-refractivity contribution is 6.30. The molecule has 4 aromatic rings. The van der Waals surface area contributed by atoms with Crippen molar-refractivity contribution in [2.45, 2.75) is 26.6 Å². The van der Waals surface area contributed by atoms with Crippen LogP contribution in [0.1, 0.15) is 34.4 Å². The van der Waals surface area contributed by atoms with Gasteiger partial charge >= 0.3 is 0 Å². The van der Waals surface area contributed by atoms with E-state index >= 15 is 4.39 Å². The summed E-state index contributed by atoms with van der Waals surface area (Å²) in [5.41, 5.74) is 4.03. The van der Waals surface area contributed by atoms with E-state index in [0.717, 1.165) is 24.3 Å². The Balaban J connectivity index is 1.59. The summed E-state index contributed by atoms with van der Waals surface area (Å²) in [6, 6.07) is 10.6. The Kier molecular flexibility index (Phi) is 6.01. The summed E-state index contributed by atoms with van der Waals surface area (Å²) in [5.74, 6) is 1.21. The van der Waals surface area contributed by atoms with E-state index in [9.17, 15) is 0 Å². The number of aromatic amines is 1. The molecule has 172 valence electrons. The van der Waals surface area contributed by atoms with E-state index in [1.807, 2.05) is 26.0 Å². The first-order chi connectivity index (χ1) is 16.0. The lowest BCUT2D eigenvalue weighted by atomic mass is 10.1. The number of hydrogen-bond donors (Lipinski definition) is 2. The average Bonchev–Trinajstić information content (AvgIpc) is 3.36. The van der Waals surface area contributed by atoms with Crippen LogP contribution < -0.4 is 5.32 Å². The van der Waals surface area contributed by atoms with Gasteiger partial charge in [0.25, 0.3) is 0 Å². The maximum absolute atomic E-state index is 15.8. The van der Waals surface area contributed by atoms with Crippen LogP contribution in [0.5, 0.6) is 0 Å². The zero-order valence-electron chi connectivity index (χ0n) is 18.5. The van der Waals surface area contributed by atoms with Gasteiger partial charge in [-0.05, 0) is 37.6 Å². The molecule has 0 radical (unpaired) electrons. The van der Waals surface area contributed by atoms with Gasteiger partial charge in [0.15, 0.2) is 23.5 Å². The lowest BCUT2D eigenvalue weighted by molar-refractivity contribution is 0.0343. The van der Waals surface area contributed by atoms with Gasteiger partial charge in [-0.2, -0.15) is 5.10 Å². The number of halogens is 2. The van der Waals surface area contributed by atoms with Crippen molar-refractivity contribution in [3.05, 3.63) is 69.6 Å². The third kappa shape index (κ3) is 4.57. The molecule has 1 saturated heterocycles. The fraction of sp³-hybridized carbons (Fsp3) is 0.348. The number of hydrogen-bond acceptors (Lipinski definition) is 6. The second-order valence-corrected chi connectivity index (χ2v) is 8.67. The van der Waals surface area contributed by atoms with Crippen molar-refractivity contribution in [3.63, 3.8) is 0 Å². The van der Waals surface area contributed by atoms with Gasteiger partial charge in [0.1, 0.15) is 5.69 Å². The minimum absolute atomic E-state index is 0.400. The van der Waals surface area contributed by atoms with Crippen molar-refractivity contribution < 1.29 is 9.13 Å². The second kappa shape index (κ2) is 9.09. The number of nitrogens with one attached hydrogen (secondary N) is 2. The maximum atomic E-state index is 15.8. The van der Waals surface area contributed by atoms with Gasteiger partial charge in [-0.25, -0.2) is 13.9 Å². The van der Waals surface area contributed by atoms with E-state index in [4.69, 9.17) is 26.4 Å². The van der Waals surface area contributed by atoms with Gasteiger partial charge in [-0.15, -0.1) is 5.10 Å². The molecule has 1 aliphatic heterocycles. The molecule has 0 spiro atoms. The van der Waals surface area contributed by atoms with Gasteiger partial charge in [-0.3, -0.25) is 10.00 Å². The maximum Gasteiger partial charge on any atom is 0.169 e. The van der Waals surface area contributed by atoms with Crippen molar-refractivity contribution >= 4 is 28.9 Å². The number of aromatic nitrogens is 5. The number of H-pyrrole nitrogens is 1. The number of ether oxygens (including phenoxy) is 1. The van der Waals surface area contributed by atoms with Gasteiger partial charge in [0.05, 0.1) is 18.9 Å². The molecule has 0 amide bonds. The highest BCUT2D eigenvalue weighted by atomic mass is 35.5. The second-order valence-electron chi connectivity index (χ2n) is 8.24. The molecule has 8 nitrogen and oxygen atoms in total. The summed E-state index contributed by atoms with van der Waals surface area (Å²) in [7, 11) is 0. The summed E-state index contributed by atoms with van der Waals surface area (Å²) in [6.07, 6.45) is -1.40. The summed E-state index contributed by atoms with van der Waals surface area (Å²) in [4.78, 5) is 7.02. The summed E-state index contributed by atoms with van der Waals surface area (Å²) in [6.45, 7) is 7.46. The first kappa shape index (κ1) is 21.8. The number of benzene rings is 1. The monoisotopic (exact) mass is 469 g/mol. The first-order valence-corrected chi connectivity index (χ1v) is 11.2. The summed E-state index contributed by atoms with van der Waals surface area (Å²) >= 11 is 6.00. The molecule has 0 aliphatic carbocycles. The molecule has 1 aromatic carbocycles. The topological polar surface area (TPSA) is 83.4 Å². The van der Waals surface area contributed by atoms with Crippen LogP contribution in [0.3, 0.4) is 0 Å². The van der Waals surface area contributed by atoms with Crippen molar-refractivity contribution in [2.75, 3.05) is 31.6 Å². The highest BCUT2D eigenvalue weighted by Crippen LogP contribution is 2.31. The molecule has 1 unspecified atom stereocenters. The molecule has 1 fully saturated rings. The SMILES string of the molecule is Cc1cc(Nc2cc(CN3CCOCC3)c3nc(C)c(C(F)c4ccc(Cl)cc4)n3n2)n[nH]1. The van der Waals surface area contributed by atoms with Crippen LogP contribution in [0.25, 0.3) is 5.65 Å². The molecular weight excluding hydrogens is 445 g/mol. The van der Waals surface area contributed by atoms with Crippen LogP contribution in [0.15, 0.2) is 36.4 Å². The minimum atomic E-state index is -1.40. The van der Waals surface area contributed by atoms with Gasteiger partial charge < -0.3 is 10.1 Å². The lowest BCUT2D eigenvalue weighted by Gasteiger charge is -2.26. The van der Waals surface area contributed by atoms with E-state index in [-0.39, 0.29) is 0 Å². The van der Waals surface area contributed by atoms with Crippen LogP contribution >= 0.6 is 11.6 Å². The van der Waals surface area contributed by atoms with Gasteiger partial charge in [-0.1, -0.05) is 23.7 Å². The number of anilines is 2. The Morgan fingerprint density at radius 1 is 1.15 bits per heavy atom. The third-order valence-electron chi connectivity index (χ3n) is 5.74. The Labute approximate surface area is 195 Å². The Morgan fingerprint density at radius 3 is 2.61 bits per heavy atom. The lowest BCUT2D eigenvalue weighted by Crippen LogP contribution is -2.35. The van der Waals surface area contributed by atoms with Crippen molar-refractivity contribution in [2.24, 2.45) is 0 Å². The number of morpholine rings is 1. The van der Waals surface area contributed by atoms with Crippen LogP contribution in [0.4, 0.5) is 16.0 Å². The molecule has 3 aromatic heterocycles. The fourth-order valence-corrected chi connectivity index (χ4v) is 4.20. The third-order valence-corrected chi connectivity index (χ3v) is 5.99. The Bertz CT molecular complexity index is 1260.